The van der Waals surface area contributed by atoms with Gasteiger partial charge in [0.2, 0.25) is 0 Å². The van der Waals surface area contributed by atoms with Gasteiger partial charge in [-0.15, -0.1) is 11.3 Å². The van der Waals surface area contributed by atoms with Crippen LogP contribution in [0.5, 0.6) is 5.75 Å². The van der Waals surface area contributed by atoms with Gasteiger partial charge < -0.3 is 9.84 Å². The number of ether oxygens (including phenoxy) is 1. The monoisotopic (exact) mass is 372 g/mol. The molecule has 2 aromatic rings. The van der Waals surface area contributed by atoms with E-state index in [9.17, 15) is 5.11 Å². The maximum absolute atomic E-state index is 10.3. The Morgan fingerprint density at radius 2 is 1.94 bits per heavy atom. The van der Waals surface area contributed by atoms with Gasteiger partial charge in [-0.1, -0.05) is 12.1 Å². The van der Waals surface area contributed by atoms with E-state index in [0.717, 1.165) is 29.7 Å². The third-order valence-electron chi connectivity index (χ3n) is 2.93. The van der Waals surface area contributed by atoms with E-state index < -0.39 is 6.10 Å². The van der Waals surface area contributed by atoms with Crippen molar-refractivity contribution < 1.29 is 9.84 Å². The topological polar surface area (TPSA) is 29.5 Å². The highest BCUT2D eigenvalue weighted by atomic mass is 127. The molecule has 1 heterocycles. The van der Waals surface area contributed by atoms with E-state index in [2.05, 4.69) is 22.6 Å². The normalized spacial score (nSPS) is 16.6. The van der Waals surface area contributed by atoms with Crippen molar-refractivity contribution >= 4 is 33.9 Å². The van der Waals surface area contributed by atoms with Crippen molar-refractivity contribution in [3.8, 4) is 5.75 Å². The van der Waals surface area contributed by atoms with Gasteiger partial charge >= 0.3 is 0 Å². The summed E-state index contributed by atoms with van der Waals surface area (Å²) in [5.41, 5.74) is 1.87. The summed E-state index contributed by atoms with van der Waals surface area (Å²) in [7, 11) is 0. The molecule has 0 amide bonds. The van der Waals surface area contributed by atoms with Crippen LogP contribution in [0.3, 0.4) is 0 Å². The number of aliphatic hydroxyl groups is 1. The van der Waals surface area contributed by atoms with Crippen LogP contribution in [-0.4, -0.2) is 11.2 Å². The maximum atomic E-state index is 10.3. The largest absolute Gasteiger partial charge is 0.490 e. The highest BCUT2D eigenvalue weighted by Gasteiger charge is 2.23. The first-order chi connectivity index (χ1) is 8.72. The first-order valence-corrected chi connectivity index (χ1v) is 7.87. The lowest BCUT2D eigenvalue weighted by molar-refractivity contribution is 0.220. The summed E-state index contributed by atoms with van der Waals surface area (Å²) in [6, 6.07) is 9.77. The lowest BCUT2D eigenvalue weighted by Gasteiger charge is -2.10. The number of hydrogen-bond acceptors (Lipinski definition) is 3. The number of halogens is 1. The van der Waals surface area contributed by atoms with E-state index in [1.165, 1.54) is 2.88 Å². The van der Waals surface area contributed by atoms with Crippen molar-refractivity contribution in [1.82, 2.24) is 0 Å². The predicted octanol–water partition coefficient (Wildman–Crippen LogP) is 3.98. The Morgan fingerprint density at radius 3 is 2.50 bits per heavy atom. The number of benzene rings is 1. The number of rotatable bonds is 4. The van der Waals surface area contributed by atoms with Crippen molar-refractivity contribution in [3.05, 3.63) is 49.7 Å². The van der Waals surface area contributed by atoms with Crippen LogP contribution in [0.4, 0.5) is 0 Å². The average Bonchev–Trinajstić information content (AvgIpc) is 3.09. The summed E-state index contributed by atoms with van der Waals surface area (Å²) in [6.07, 6.45) is 2.20. The van der Waals surface area contributed by atoms with E-state index >= 15 is 0 Å². The van der Waals surface area contributed by atoms with Crippen LogP contribution in [0.25, 0.3) is 0 Å². The summed E-state index contributed by atoms with van der Waals surface area (Å²) in [4.78, 5) is 0. The highest BCUT2D eigenvalue weighted by molar-refractivity contribution is 14.1. The Bertz CT molecular complexity index is 531. The molecule has 0 bridgehead atoms. The summed E-state index contributed by atoms with van der Waals surface area (Å²) in [6.45, 7) is 0. The van der Waals surface area contributed by atoms with Gasteiger partial charge in [-0.3, -0.25) is 0 Å². The Hall–Kier alpha value is -0.590. The summed E-state index contributed by atoms with van der Waals surface area (Å²) in [5, 5.41) is 12.3. The molecule has 1 aromatic carbocycles. The van der Waals surface area contributed by atoms with Gasteiger partial charge in [0.1, 0.15) is 11.9 Å². The van der Waals surface area contributed by atoms with E-state index in [-0.39, 0.29) is 0 Å². The minimum atomic E-state index is -0.542. The smallest absolute Gasteiger partial charge is 0.119 e. The molecule has 3 rings (SSSR count). The molecule has 1 aliphatic carbocycles. The summed E-state index contributed by atoms with van der Waals surface area (Å²) in [5.74, 6) is 0.897. The molecule has 94 valence electrons. The van der Waals surface area contributed by atoms with E-state index in [1.807, 2.05) is 35.7 Å². The number of hydrogen-bond donors (Lipinski definition) is 1. The summed E-state index contributed by atoms with van der Waals surface area (Å²) >= 11 is 3.92. The molecular weight excluding hydrogens is 359 g/mol. The van der Waals surface area contributed by atoms with Crippen molar-refractivity contribution in [2.75, 3.05) is 0 Å². The zero-order valence-corrected chi connectivity index (χ0v) is 12.6. The standard InChI is InChI=1S/C14H13IO2S/c15-13-7-10(8-18-13)14(16)9-1-3-11(4-2-9)17-12-5-6-12/h1-4,7-8,12,14,16H,5-6H2. The molecule has 1 atom stereocenters. The molecule has 1 saturated carbocycles. The van der Waals surface area contributed by atoms with Gasteiger partial charge in [-0.05, 0) is 70.1 Å². The molecule has 1 unspecified atom stereocenters. The fourth-order valence-electron chi connectivity index (χ4n) is 1.77. The quantitative estimate of drug-likeness (QED) is 0.823. The van der Waals surface area contributed by atoms with Crippen molar-refractivity contribution in [3.63, 3.8) is 0 Å². The molecule has 0 radical (unpaired) electrons. The zero-order chi connectivity index (χ0) is 12.5. The molecule has 1 fully saturated rings. The van der Waals surface area contributed by atoms with Crippen LogP contribution >= 0.6 is 33.9 Å². The summed E-state index contributed by atoms with van der Waals surface area (Å²) < 4.78 is 6.88. The van der Waals surface area contributed by atoms with Crippen LogP contribution < -0.4 is 4.74 Å². The molecule has 1 aromatic heterocycles. The Balaban J connectivity index is 1.74. The van der Waals surface area contributed by atoms with Crippen molar-refractivity contribution in [2.45, 2.75) is 25.0 Å². The minimum absolute atomic E-state index is 0.416. The Kier molecular flexibility index (Phi) is 3.59. The zero-order valence-electron chi connectivity index (χ0n) is 9.67. The molecule has 1 aliphatic rings. The molecule has 0 spiro atoms. The third-order valence-corrected chi connectivity index (χ3v) is 4.73. The SMILES string of the molecule is OC(c1ccc(OC2CC2)cc1)c1csc(I)c1. The van der Waals surface area contributed by atoms with E-state index in [4.69, 9.17) is 4.74 Å². The first kappa shape index (κ1) is 12.4. The second kappa shape index (κ2) is 5.19. The number of thiophene rings is 1. The van der Waals surface area contributed by atoms with Crippen LogP contribution in [-0.2, 0) is 0 Å². The van der Waals surface area contributed by atoms with E-state index in [1.54, 1.807) is 11.3 Å². The number of aliphatic hydroxyl groups excluding tert-OH is 1. The fourth-order valence-corrected chi connectivity index (χ4v) is 3.16. The average molecular weight is 372 g/mol. The van der Waals surface area contributed by atoms with Crippen LogP contribution in [0.2, 0.25) is 0 Å². The van der Waals surface area contributed by atoms with Gasteiger partial charge in [0.25, 0.3) is 0 Å². The molecule has 1 N–H and O–H groups in total. The lowest BCUT2D eigenvalue weighted by atomic mass is 10.0. The van der Waals surface area contributed by atoms with Crippen LogP contribution in [0.15, 0.2) is 35.7 Å². The Morgan fingerprint density at radius 1 is 1.22 bits per heavy atom. The van der Waals surface area contributed by atoms with Gasteiger partial charge in [0.05, 0.1) is 8.99 Å². The van der Waals surface area contributed by atoms with Crippen molar-refractivity contribution in [1.29, 1.82) is 0 Å². The van der Waals surface area contributed by atoms with Crippen LogP contribution in [0, 0.1) is 2.88 Å². The Labute approximate surface area is 124 Å². The highest BCUT2D eigenvalue weighted by Crippen LogP contribution is 2.30. The molecule has 0 aliphatic heterocycles. The lowest BCUT2D eigenvalue weighted by Crippen LogP contribution is -1.99. The van der Waals surface area contributed by atoms with Gasteiger partial charge in [0.15, 0.2) is 0 Å². The van der Waals surface area contributed by atoms with Gasteiger partial charge in [0, 0.05) is 0 Å². The maximum Gasteiger partial charge on any atom is 0.119 e. The predicted molar refractivity (Wildman–Crippen MR) is 81.2 cm³/mol. The fraction of sp³-hybridized carbons (Fsp3) is 0.286. The molecule has 0 saturated heterocycles. The molecular formula is C14H13IO2S. The molecule has 4 heteroatoms. The third kappa shape index (κ3) is 2.87. The first-order valence-electron chi connectivity index (χ1n) is 5.91. The minimum Gasteiger partial charge on any atom is -0.490 e. The van der Waals surface area contributed by atoms with E-state index in [0.29, 0.717) is 6.10 Å². The van der Waals surface area contributed by atoms with Gasteiger partial charge in [-0.2, -0.15) is 0 Å². The molecule has 18 heavy (non-hydrogen) atoms. The molecule has 2 nitrogen and oxygen atoms in total. The second-order valence-corrected chi connectivity index (χ2v) is 7.28. The van der Waals surface area contributed by atoms with Gasteiger partial charge in [-0.25, -0.2) is 0 Å². The second-order valence-electron chi connectivity index (χ2n) is 4.47. The van der Waals surface area contributed by atoms with Crippen molar-refractivity contribution in [2.24, 2.45) is 0 Å². The van der Waals surface area contributed by atoms with Crippen LogP contribution in [0.1, 0.15) is 30.1 Å².